The third-order valence-corrected chi connectivity index (χ3v) is 3.17. The number of nitrogens with zero attached hydrogens (tertiary/aromatic N) is 2. The topological polar surface area (TPSA) is 112 Å². The fourth-order valence-electron chi connectivity index (χ4n) is 1.29. The fraction of sp³-hybridized carbons (Fsp3) is 0.556. The van der Waals surface area contributed by atoms with Crippen molar-refractivity contribution in [2.45, 2.75) is 0 Å². The minimum Gasteiger partial charge on any atom is -0.395 e. The van der Waals surface area contributed by atoms with Crippen LogP contribution in [-0.2, 0) is 0 Å². The smallest absolute Gasteiger partial charge is 0.268 e. The molecular weight excluding hydrogens is 244 g/mol. The lowest BCUT2D eigenvalue weighted by Gasteiger charge is -2.19. The van der Waals surface area contributed by atoms with E-state index >= 15 is 0 Å². The van der Waals surface area contributed by atoms with Gasteiger partial charge >= 0.3 is 0 Å². The molecule has 8 heteroatoms. The lowest BCUT2D eigenvalue weighted by Crippen LogP contribution is -2.35. The Labute approximate surface area is 103 Å². The first-order valence-corrected chi connectivity index (χ1v) is 5.90. The van der Waals surface area contributed by atoms with Gasteiger partial charge in [-0.3, -0.25) is 4.79 Å². The lowest BCUT2D eigenvalue weighted by molar-refractivity contribution is 0.0690. The van der Waals surface area contributed by atoms with Gasteiger partial charge < -0.3 is 26.2 Å². The normalized spacial score (nSPS) is 10.3. The molecule has 0 radical (unpaired) electrons. The van der Waals surface area contributed by atoms with Crippen molar-refractivity contribution in [2.75, 3.05) is 44.4 Å². The predicted octanol–water partition coefficient (Wildman–Crippen LogP) is -0.806. The van der Waals surface area contributed by atoms with Crippen molar-refractivity contribution in [3.05, 3.63) is 4.88 Å². The molecule has 0 atom stereocenters. The molecule has 0 unspecified atom stereocenters. The average Bonchev–Trinajstić information content (AvgIpc) is 2.69. The Morgan fingerprint density at radius 1 is 1.47 bits per heavy atom. The van der Waals surface area contributed by atoms with Gasteiger partial charge in [-0.2, -0.15) is 0 Å². The summed E-state index contributed by atoms with van der Waals surface area (Å²) < 4.78 is 0. The van der Waals surface area contributed by atoms with Crippen molar-refractivity contribution in [3.63, 3.8) is 0 Å². The number of carbonyl (C=O) groups excluding carboxylic acids is 1. The van der Waals surface area contributed by atoms with Crippen molar-refractivity contribution in [1.82, 2.24) is 9.88 Å². The summed E-state index contributed by atoms with van der Waals surface area (Å²) in [5.74, 6) is -0.171. The molecule has 0 aliphatic carbocycles. The Bertz CT molecular complexity index is 376. The van der Waals surface area contributed by atoms with Crippen LogP contribution in [0.3, 0.4) is 0 Å². The van der Waals surface area contributed by atoms with Crippen LogP contribution in [0.2, 0.25) is 0 Å². The molecule has 1 rings (SSSR count). The molecule has 0 aliphatic heterocycles. The Balaban J connectivity index is 2.87. The zero-order valence-electron chi connectivity index (χ0n) is 9.51. The van der Waals surface area contributed by atoms with E-state index in [4.69, 9.17) is 15.9 Å². The summed E-state index contributed by atoms with van der Waals surface area (Å²) in [6.07, 6.45) is 0. The van der Waals surface area contributed by atoms with Crippen molar-refractivity contribution in [3.8, 4) is 0 Å². The van der Waals surface area contributed by atoms with Gasteiger partial charge in [0.05, 0.1) is 13.2 Å². The molecule has 0 spiro atoms. The van der Waals surface area contributed by atoms with Crippen molar-refractivity contribution in [1.29, 1.82) is 0 Å². The van der Waals surface area contributed by atoms with E-state index in [1.807, 2.05) is 0 Å². The molecule has 0 saturated carbocycles. The zero-order chi connectivity index (χ0) is 12.8. The molecule has 1 amide bonds. The predicted molar refractivity (Wildman–Crippen MR) is 66.1 cm³/mol. The minimum atomic E-state index is -0.329. The van der Waals surface area contributed by atoms with Crippen LogP contribution in [0.25, 0.3) is 0 Å². The molecule has 1 heterocycles. The van der Waals surface area contributed by atoms with Gasteiger partial charge in [-0.15, -0.1) is 0 Å². The number of carbonyl (C=O) groups is 1. The number of aliphatic hydroxyl groups is 2. The van der Waals surface area contributed by atoms with E-state index in [1.165, 1.54) is 4.90 Å². The number of anilines is 2. The number of rotatable bonds is 6. The van der Waals surface area contributed by atoms with Crippen LogP contribution in [-0.4, -0.2) is 59.4 Å². The molecule has 5 N–H and O–H groups in total. The highest BCUT2D eigenvalue weighted by atomic mass is 32.1. The molecule has 7 nitrogen and oxygen atoms in total. The van der Waals surface area contributed by atoms with Crippen LogP contribution in [0.4, 0.5) is 10.9 Å². The Hall–Kier alpha value is -1.38. The number of nitrogens with two attached hydrogens (primary N) is 1. The van der Waals surface area contributed by atoms with Crippen LogP contribution in [0, 0.1) is 0 Å². The first kappa shape index (κ1) is 13.7. The third kappa shape index (κ3) is 3.29. The van der Waals surface area contributed by atoms with Gasteiger partial charge in [-0.05, 0) is 0 Å². The Morgan fingerprint density at radius 2 is 2.06 bits per heavy atom. The summed E-state index contributed by atoms with van der Waals surface area (Å²) in [6.45, 7) is -0.0100. The first-order chi connectivity index (χ1) is 8.13. The first-order valence-electron chi connectivity index (χ1n) is 5.09. The maximum absolute atomic E-state index is 12.0. The molecule has 1 aromatic heterocycles. The van der Waals surface area contributed by atoms with Gasteiger partial charge in [0.15, 0.2) is 5.13 Å². The fourth-order valence-corrected chi connectivity index (χ4v) is 2.10. The lowest BCUT2D eigenvalue weighted by atomic mass is 10.4. The van der Waals surface area contributed by atoms with E-state index < -0.39 is 0 Å². The Kier molecular flexibility index (Phi) is 5.13. The summed E-state index contributed by atoms with van der Waals surface area (Å²) in [6, 6.07) is 0. The van der Waals surface area contributed by atoms with Crippen LogP contribution >= 0.6 is 11.3 Å². The van der Waals surface area contributed by atoms with E-state index in [2.05, 4.69) is 10.3 Å². The van der Waals surface area contributed by atoms with E-state index in [9.17, 15) is 4.79 Å². The number of aromatic nitrogens is 1. The van der Waals surface area contributed by atoms with Crippen LogP contribution in [0.5, 0.6) is 0 Å². The number of nitrogens with one attached hydrogen (secondary N) is 1. The summed E-state index contributed by atoms with van der Waals surface area (Å²) >= 11 is 1.15. The molecule has 0 saturated heterocycles. The molecule has 96 valence electrons. The molecule has 0 bridgehead atoms. The van der Waals surface area contributed by atoms with E-state index in [0.717, 1.165) is 11.3 Å². The van der Waals surface area contributed by atoms with Gasteiger partial charge in [0.1, 0.15) is 10.7 Å². The second kappa shape index (κ2) is 6.38. The van der Waals surface area contributed by atoms with E-state index in [1.54, 1.807) is 7.05 Å². The van der Waals surface area contributed by atoms with Crippen LogP contribution in [0.15, 0.2) is 0 Å². The second-order valence-corrected chi connectivity index (χ2v) is 4.22. The minimum absolute atomic E-state index is 0.158. The molecular formula is C9H16N4O3S. The molecule has 17 heavy (non-hydrogen) atoms. The number of hydrogen-bond donors (Lipinski definition) is 4. The summed E-state index contributed by atoms with van der Waals surface area (Å²) in [5, 5.41) is 21.1. The summed E-state index contributed by atoms with van der Waals surface area (Å²) in [7, 11) is 1.69. The van der Waals surface area contributed by atoms with Gasteiger partial charge in [-0.1, -0.05) is 11.3 Å². The largest absolute Gasteiger partial charge is 0.395 e. The second-order valence-electron chi connectivity index (χ2n) is 3.22. The van der Waals surface area contributed by atoms with Gasteiger partial charge in [0.25, 0.3) is 5.91 Å². The SMILES string of the molecule is CNc1nc(N)c(C(=O)N(CCO)CCO)s1. The quantitative estimate of drug-likeness (QED) is 0.532. The standard InChI is InChI=1S/C9H16N4O3S/c1-11-9-12-7(10)6(17-9)8(16)13(2-4-14)3-5-15/h14-15H,2-5,10H2,1H3,(H,11,12). The average molecular weight is 260 g/mol. The number of nitrogen functional groups attached to an aromatic ring is 1. The van der Waals surface area contributed by atoms with E-state index in [-0.39, 0.29) is 38.0 Å². The number of thiazole rings is 1. The molecule has 0 aliphatic rings. The van der Waals surface area contributed by atoms with E-state index in [0.29, 0.717) is 10.0 Å². The highest BCUT2D eigenvalue weighted by Crippen LogP contribution is 2.25. The number of hydrogen-bond acceptors (Lipinski definition) is 7. The van der Waals surface area contributed by atoms with Crippen LogP contribution in [0.1, 0.15) is 9.67 Å². The van der Waals surface area contributed by atoms with Gasteiger partial charge in [-0.25, -0.2) is 4.98 Å². The third-order valence-electron chi connectivity index (χ3n) is 2.09. The Morgan fingerprint density at radius 3 is 2.47 bits per heavy atom. The highest BCUT2D eigenvalue weighted by molar-refractivity contribution is 7.18. The summed E-state index contributed by atoms with van der Waals surface area (Å²) in [5.41, 5.74) is 5.63. The maximum atomic E-state index is 12.0. The van der Waals surface area contributed by atoms with Crippen molar-refractivity contribution < 1.29 is 15.0 Å². The van der Waals surface area contributed by atoms with Crippen LogP contribution < -0.4 is 11.1 Å². The highest BCUT2D eigenvalue weighted by Gasteiger charge is 2.21. The maximum Gasteiger partial charge on any atom is 0.268 e. The van der Waals surface area contributed by atoms with Gasteiger partial charge in [0.2, 0.25) is 0 Å². The number of amides is 1. The molecule has 1 aromatic rings. The number of aliphatic hydroxyl groups excluding tert-OH is 2. The van der Waals surface area contributed by atoms with Crippen molar-refractivity contribution in [2.24, 2.45) is 0 Å². The zero-order valence-corrected chi connectivity index (χ0v) is 10.3. The molecule has 0 aromatic carbocycles. The monoisotopic (exact) mass is 260 g/mol. The molecule has 0 fully saturated rings. The van der Waals surface area contributed by atoms with Gasteiger partial charge in [0, 0.05) is 20.1 Å². The van der Waals surface area contributed by atoms with Crippen molar-refractivity contribution >= 4 is 28.2 Å². The summed E-state index contributed by atoms with van der Waals surface area (Å²) in [4.78, 5) is 17.7.